The highest BCUT2D eigenvalue weighted by Gasteiger charge is 2.22. The van der Waals surface area contributed by atoms with E-state index in [2.05, 4.69) is 152 Å². The predicted molar refractivity (Wildman–Crippen MR) is 171 cm³/mol. The van der Waals surface area contributed by atoms with E-state index in [0.29, 0.717) is 0 Å². The van der Waals surface area contributed by atoms with E-state index in [1.165, 1.54) is 71.1 Å². The average molecular weight is 508 g/mol. The van der Waals surface area contributed by atoms with Crippen molar-refractivity contribution in [2.24, 2.45) is 0 Å². The molecule has 0 unspecified atom stereocenters. The topological polar surface area (TPSA) is 12.9 Å². The molecular weight excluding hydrogens is 482 g/mol. The Hall–Kier alpha value is -5.27. The third-order valence-corrected chi connectivity index (χ3v) is 8.09. The van der Waals surface area contributed by atoms with Crippen molar-refractivity contribution < 1.29 is 0 Å². The Morgan fingerprint density at radius 2 is 0.925 bits per heavy atom. The van der Waals surface area contributed by atoms with Gasteiger partial charge in [-0.1, -0.05) is 140 Å². The normalized spacial score (nSPS) is 11.5. The zero-order chi connectivity index (χ0) is 26.5. The first-order chi connectivity index (χ1) is 19.9. The summed E-state index contributed by atoms with van der Waals surface area (Å²) < 4.78 is 0. The molecule has 1 aromatic heterocycles. The molecule has 1 nitrogen and oxygen atoms in total. The highest BCUT2D eigenvalue weighted by molar-refractivity contribution is 6.29. The van der Waals surface area contributed by atoms with Crippen LogP contribution in [0.1, 0.15) is 0 Å². The summed E-state index contributed by atoms with van der Waals surface area (Å²) in [4.78, 5) is 5.02. The van der Waals surface area contributed by atoms with Gasteiger partial charge >= 0.3 is 0 Å². The monoisotopic (exact) mass is 507 g/mol. The lowest BCUT2D eigenvalue weighted by atomic mass is 9.81. The van der Waals surface area contributed by atoms with E-state index >= 15 is 0 Å². The van der Waals surface area contributed by atoms with Crippen LogP contribution in [0, 0.1) is 0 Å². The second-order valence-electron chi connectivity index (χ2n) is 10.3. The quantitative estimate of drug-likeness (QED) is 0.171. The van der Waals surface area contributed by atoms with Crippen molar-refractivity contribution in [1.29, 1.82) is 0 Å². The summed E-state index contributed by atoms with van der Waals surface area (Å²) in [5.41, 5.74) is 8.41. The molecule has 0 aliphatic carbocycles. The van der Waals surface area contributed by atoms with Gasteiger partial charge in [-0.2, -0.15) is 0 Å². The number of rotatable bonds is 3. The maximum absolute atomic E-state index is 5.02. The highest BCUT2D eigenvalue weighted by Crippen LogP contribution is 2.49. The van der Waals surface area contributed by atoms with Gasteiger partial charge in [0.05, 0.1) is 5.52 Å². The molecule has 1 heterocycles. The van der Waals surface area contributed by atoms with Crippen LogP contribution in [0.4, 0.5) is 0 Å². The van der Waals surface area contributed by atoms with Crippen molar-refractivity contribution in [3.05, 3.63) is 152 Å². The Morgan fingerprint density at radius 1 is 0.350 bits per heavy atom. The lowest BCUT2D eigenvalue weighted by Crippen LogP contribution is -1.95. The molecular formula is C39H25N. The van der Waals surface area contributed by atoms with Crippen molar-refractivity contribution >= 4 is 43.2 Å². The first kappa shape index (κ1) is 22.7. The van der Waals surface area contributed by atoms with Crippen LogP contribution >= 0.6 is 0 Å². The summed E-state index contributed by atoms with van der Waals surface area (Å²) in [6.07, 6.45) is 2.10. The van der Waals surface area contributed by atoms with Gasteiger partial charge in [-0.25, -0.2) is 0 Å². The molecule has 0 fully saturated rings. The van der Waals surface area contributed by atoms with Crippen molar-refractivity contribution in [3.63, 3.8) is 0 Å². The zero-order valence-electron chi connectivity index (χ0n) is 21.9. The van der Waals surface area contributed by atoms with Gasteiger partial charge in [0.15, 0.2) is 0 Å². The van der Waals surface area contributed by atoms with Gasteiger partial charge in [0.2, 0.25) is 0 Å². The van der Waals surface area contributed by atoms with E-state index in [1.54, 1.807) is 0 Å². The van der Waals surface area contributed by atoms with Crippen LogP contribution in [0.25, 0.3) is 76.6 Å². The molecule has 7 aromatic carbocycles. The van der Waals surface area contributed by atoms with Crippen LogP contribution < -0.4 is 0 Å². The third kappa shape index (κ3) is 3.45. The molecule has 0 saturated carbocycles. The molecule has 0 amide bonds. The number of nitrogens with zero attached hydrogens (tertiary/aromatic N) is 1. The van der Waals surface area contributed by atoms with Gasteiger partial charge in [-0.3, -0.25) is 4.98 Å². The van der Waals surface area contributed by atoms with Gasteiger partial charge in [-0.05, 0) is 55.4 Å². The summed E-state index contributed by atoms with van der Waals surface area (Å²) in [5, 5.41) is 8.56. The first-order valence-electron chi connectivity index (χ1n) is 13.7. The average Bonchev–Trinajstić information content (AvgIpc) is 3.04. The van der Waals surface area contributed by atoms with Crippen LogP contribution in [-0.2, 0) is 0 Å². The Kier molecular flexibility index (Phi) is 5.21. The molecule has 0 aliphatic rings. The van der Waals surface area contributed by atoms with E-state index in [0.717, 1.165) is 5.52 Å². The van der Waals surface area contributed by atoms with Crippen molar-refractivity contribution in [2.45, 2.75) is 0 Å². The largest absolute Gasteiger partial charge is 0.256 e. The van der Waals surface area contributed by atoms with Crippen LogP contribution in [0.5, 0.6) is 0 Å². The van der Waals surface area contributed by atoms with Gasteiger partial charge in [0.25, 0.3) is 0 Å². The van der Waals surface area contributed by atoms with Gasteiger partial charge in [0.1, 0.15) is 0 Å². The first-order valence-corrected chi connectivity index (χ1v) is 13.7. The predicted octanol–water partition coefficient (Wildman–Crippen LogP) is 10.7. The number of fused-ring (bicyclic) bond motifs is 5. The van der Waals surface area contributed by atoms with Gasteiger partial charge in [-0.15, -0.1) is 0 Å². The molecule has 8 rings (SSSR count). The lowest BCUT2D eigenvalue weighted by Gasteiger charge is -2.22. The second kappa shape index (κ2) is 9.18. The lowest BCUT2D eigenvalue weighted by molar-refractivity contribution is 1.45. The number of para-hydroxylation sites is 1. The zero-order valence-corrected chi connectivity index (χ0v) is 21.9. The molecule has 40 heavy (non-hydrogen) atoms. The number of hydrogen-bond donors (Lipinski definition) is 0. The van der Waals surface area contributed by atoms with Crippen LogP contribution in [-0.4, -0.2) is 4.98 Å². The standard InChI is InChI=1S/C39H25N/c1-3-13-26(14-4-1)30-24-23-27-15-7-8-18-29(27)37(30)38-32-20-10-9-19-31(32)36(28-16-5-2-6-17-28)39-33-21-11-12-22-35(33)40-25-34(38)39/h1-25H. The summed E-state index contributed by atoms with van der Waals surface area (Å²) in [5.74, 6) is 0. The molecule has 0 bridgehead atoms. The SMILES string of the molecule is c1ccc(-c2ccc3ccccc3c2-c2c3ccccc3c(-c3ccccc3)c3c2cnc2ccccc23)cc1. The van der Waals surface area contributed by atoms with E-state index < -0.39 is 0 Å². The number of benzene rings is 7. The minimum atomic E-state index is 1.01. The molecule has 1 heteroatoms. The minimum Gasteiger partial charge on any atom is -0.256 e. The Balaban J connectivity index is 1.66. The Labute approximate surface area is 233 Å². The number of aromatic nitrogens is 1. The maximum Gasteiger partial charge on any atom is 0.0708 e. The van der Waals surface area contributed by atoms with Crippen molar-refractivity contribution in [1.82, 2.24) is 4.98 Å². The fraction of sp³-hybridized carbons (Fsp3) is 0. The third-order valence-electron chi connectivity index (χ3n) is 8.09. The Bertz CT molecular complexity index is 2200. The van der Waals surface area contributed by atoms with Crippen LogP contribution in [0.3, 0.4) is 0 Å². The Morgan fingerprint density at radius 3 is 1.68 bits per heavy atom. The number of hydrogen-bond acceptors (Lipinski definition) is 1. The van der Waals surface area contributed by atoms with Crippen molar-refractivity contribution in [2.75, 3.05) is 0 Å². The molecule has 0 radical (unpaired) electrons. The molecule has 0 N–H and O–H groups in total. The number of pyridine rings is 1. The maximum atomic E-state index is 5.02. The molecule has 0 saturated heterocycles. The van der Waals surface area contributed by atoms with Crippen LogP contribution in [0.15, 0.2) is 152 Å². The fourth-order valence-electron chi connectivity index (χ4n) is 6.37. The van der Waals surface area contributed by atoms with Crippen molar-refractivity contribution in [3.8, 4) is 33.4 Å². The fourth-order valence-corrected chi connectivity index (χ4v) is 6.37. The molecule has 0 atom stereocenters. The molecule has 8 aromatic rings. The summed E-state index contributed by atoms with van der Waals surface area (Å²) in [7, 11) is 0. The minimum absolute atomic E-state index is 1.01. The second-order valence-corrected chi connectivity index (χ2v) is 10.3. The summed E-state index contributed by atoms with van der Waals surface area (Å²) in [6.45, 7) is 0. The smallest absolute Gasteiger partial charge is 0.0708 e. The summed E-state index contributed by atoms with van der Waals surface area (Å²) in [6, 6.07) is 52.2. The van der Waals surface area contributed by atoms with Gasteiger partial charge in [0, 0.05) is 27.9 Å². The van der Waals surface area contributed by atoms with E-state index in [1.807, 2.05) is 0 Å². The highest BCUT2D eigenvalue weighted by atomic mass is 14.7. The summed E-state index contributed by atoms with van der Waals surface area (Å²) >= 11 is 0. The van der Waals surface area contributed by atoms with E-state index in [4.69, 9.17) is 4.98 Å². The van der Waals surface area contributed by atoms with E-state index in [9.17, 15) is 0 Å². The van der Waals surface area contributed by atoms with Gasteiger partial charge < -0.3 is 0 Å². The van der Waals surface area contributed by atoms with Crippen LogP contribution in [0.2, 0.25) is 0 Å². The van der Waals surface area contributed by atoms with E-state index in [-0.39, 0.29) is 0 Å². The molecule has 0 aliphatic heterocycles. The molecule has 186 valence electrons. The molecule has 0 spiro atoms.